The summed E-state index contributed by atoms with van der Waals surface area (Å²) in [6, 6.07) is 16.9. The molecule has 0 radical (unpaired) electrons. The van der Waals surface area contributed by atoms with Crippen molar-refractivity contribution in [3.05, 3.63) is 83.2 Å². The predicted octanol–water partition coefficient (Wildman–Crippen LogP) is 5.18. The Labute approximate surface area is 243 Å². The van der Waals surface area contributed by atoms with Crippen molar-refractivity contribution >= 4 is 11.6 Å². The molecule has 0 saturated carbocycles. The molecule has 0 aliphatic carbocycles. The number of nitrogens with zero attached hydrogens (tertiary/aromatic N) is 6. The molecule has 1 fully saturated rings. The second kappa shape index (κ2) is 11.7. The van der Waals surface area contributed by atoms with Gasteiger partial charge in [0.05, 0.1) is 19.0 Å². The number of likely N-dealkylation sites (N-methyl/N-ethyl adjacent to an activating group) is 1. The second-order valence-corrected chi connectivity index (χ2v) is 11.0. The lowest BCUT2D eigenvalue weighted by Crippen LogP contribution is -2.55. The summed E-state index contributed by atoms with van der Waals surface area (Å²) in [6.45, 7) is 5.83. The predicted molar refractivity (Wildman–Crippen MR) is 155 cm³/mol. The summed E-state index contributed by atoms with van der Waals surface area (Å²) in [4.78, 5) is 24.7. The minimum Gasteiger partial charge on any atom is -0.497 e. The molecular formula is C31H35F3N6O2. The maximum absolute atomic E-state index is 14.4. The number of carbonyl (C=O) groups is 1. The van der Waals surface area contributed by atoms with E-state index in [9.17, 15) is 18.0 Å². The van der Waals surface area contributed by atoms with E-state index in [1.54, 1.807) is 29.2 Å². The molecule has 2 atom stereocenters. The third kappa shape index (κ3) is 5.71. The first-order valence-electron chi connectivity index (χ1n) is 13.8. The summed E-state index contributed by atoms with van der Waals surface area (Å²) >= 11 is 0. The first-order valence-corrected chi connectivity index (χ1v) is 13.8. The van der Waals surface area contributed by atoms with Crippen molar-refractivity contribution in [2.24, 2.45) is 0 Å². The molecular weight excluding hydrogens is 545 g/mol. The number of amides is 1. The number of piperazine rings is 1. The van der Waals surface area contributed by atoms with Crippen LogP contribution in [-0.2, 0) is 6.18 Å². The Hall–Kier alpha value is -3.96. The van der Waals surface area contributed by atoms with Gasteiger partial charge in [0.2, 0.25) is 0 Å². The van der Waals surface area contributed by atoms with Crippen molar-refractivity contribution in [3.63, 3.8) is 0 Å². The highest BCUT2D eigenvalue weighted by atomic mass is 19.4. The van der Waals surface area contributed by atoms with Crippen LogP contribution in [0.1, 0.15) is 40.1 Å². The normalized spacial score (nSPS) is 17.2. The van der Waals surface area contributed by atoms with Gasteiger partial charge in [0.1, 0.15) is 11.3 Å². The third-order valence-corrected chi connectivity index (χ3v) is 7.83. The number of methoxy groups -OCH3 is 1. The number of rotatable bonds is 7. The molecule has 3 heterocycles. The van der Waals surface area contributed by atoms with E-state index in [4.69, 9.17) is 4.74 Å². The summed E-state index contributed by atoms with van der Waals surface area (Å²) in [5, 5.41) is 4.02. The maximum atomic E-state index is 14.4. The molecule has 42 heavy (non-hydrogen) atoms. The van der Waals surface area contributed by atoms with E-state index in [0.29, 0.717) is 30.9 Å². The number of ether oxygens (including phenoxy) is 1. The summed E-state index contributed by atoms with van der Waals surface area (Å²) in [5.74, 6) is 0.188. The van der Waals surface area contributed by atoms with Crippen LogP contribution >= 0.6 is 0 Å². The lowest BCUT2D eigenvalue weighted by molar-refractivity contribution is -0.143. The molecule has 5 rings (SSSR count). The van der Waals surface area contributed by atoms with Gasteiger partial charge in [-0.1, -0.05) is 30.3 Å². The van der Waals surface area contributed by atoms with E-state index in [1.807, 2.05) is 39.2 Å². The largest absolute Gasteiger partial charge is 0.497 e. The maximum Gasteiger partial charge on any atom is 0.433 e. The van der Waals surface area contributed by atoms with Crippen molar-refractivity contribution in [2.75, 3.05) is 47.4 Å². The van der Waals surface area contributed by atoms with Crippen LogP contribution in [0.4, 0.5) is 13.2 Å². The van der Waals surface area contributed by atoms with E-state index >= 15 is 0 Å². The Morgan fingerprint density at radius 2 is 1.79 bits per heavy atom. The molecule has 1 saturated heterocycles. The van der Waals surface area contributed by atoms with Crippen LogP contribution in [0.3, 0.4) is 0 Å². The van der Waals surface area contributed by atoms with Gasteiger partial charge in [-0.3, -0.25) is 9.69 Å². The number of benzene rings is 2. The Bertz CT molecular complexity index is 1550. The molecule has 11 heteroatoms. The van der Waals surface area contributed by atoms with Crippen molar-refractivity contribution < 1.29 is 22.7 Å². The van der Waals surface area contributed by atoms with Crippen molar-refractivity contribution in [3.8, 4) is 17.0 Å². The number of fused-ring (bicyclic) bond motifs is 1. The van der Waals surface area contributed by atoms with Gasteiger partial charge in [-0.15, -0.1) is 0 Å². The molecule has 0 spiro atoms. The molecule has 0 bridgehead atoms. The fourth-order valence-corrected chi connectivity index (χ4v) is 5.77. The van der Waals surface area contributed by atoms with Crippen LogP contribution in [0.25, 0.3) is 16.9 Å². The quantitative estimate of drug-likeness (QED) is 0.300. The number of aromatic nitrogens is 3. The van der Waals surface area contributed by atoms with Crippen LogP contribution in [-0.4, -0.2) is 88.6 Å². The zero-order valence-corrected chi connectivity index (χ0v) is 24.4. The lowest BCUT2D eigenvalue weighted by Gasteiger charge is -2.44. The fourth-order valence-electron chi connectivity index (χ4n) is 5.77. The number of carbonyl (C=O) groups excluding carboxylic acids is 1. The summed E-state index contributed by atoms with van der Waals surface area (Å²) in [5.41, 5.74) is 0.722. The van der Waals surface area contributed by atoms with Gasteiger partial charge in [-0.05, 0) is 57.8 Å². The molecule has 1 aliphatic heterocycles. The van der Waals surface area contributed by atoms with Gasteiger partial charge < -0.3 is 14.5 Å². The zero-order chi connectivity index (χ0) is 30.2. The second-order valence-electron chi connectivity index (χ2n) is 11.0. The van der Waals surface area contributed by atoms with E-state index < -0.39 is 11.9 Å². The minimum absolute atomic E-state index is 0.0449. The SMILES string of the molecule is COc1ccc(-c2nc3c(C(=O)N4CCN([C@H](CN(C)C)c5ccccc5)C[C@H]4C)cnn3c(C(F)(F)F)c2C)cc1. The van der Waals surface area contributed by atoms with E-state index in [1.165, 1.54) is 25.8 Å². The van der Waals surface area contributed by atoms with Crippen LogP contribution in [0.2, 0.25) is 0 Å². The van der Waals surface area contributed by atoms with Gasteiger partial charge in [0.25, 0.3) is 5.91 Å². The van der Waals surface area contributed by atoms with Crippen LogP contribution < -0.4 is 4.74 Å². The Morgan fingerprint density at radius 1 is 1.10 bits per heavy atom. The number of hydrogen-bond donors (Lipinski definition) is 0. The van der Waals surface area contributed by atoms with E-state index in [-0.39, 0.29) is 40.5 Å². The zero-order valence-electron chi connectivity index (χ0n) is 24.4. The fraction of sp³-hybridized carbons (Fsp3) is 0.387. The van der Waals surface area contributed by atoms with Crippen LogP contribution in [0, 0.1) is 6.92 Å². The number of alkyl halides is 3. The highest BCUT2D eigenvalue weighted by Gasteiger charge is 2.40. The topological polar surface area (TPSA) is 66.2 Å². The van der Waals surface area contributed by atoms with Crippen molar-refractivity contribution in [1.29, 1.82) is 0 Å². The first-order chi connectivity index (χ1) is 20.0. The molecule has 1 aliphatic rings. The smallest absolute Gasteiger partial charge is 0.433 e. The first kappa shape index (κ1) is 29.5. The van der Waals surface area contributed by atoms with Gasteiger partial charge in [0.15, 0.2) is 11.3 Å². The Kier molecular flexibility index (Phi) is 8.25. The van der Waals surface area contributed by atoms with Crippen molar-refractivity contribution in [1.82, 2.24) is 29.3 Å². The van der Waals surface area contributed by atoms with E-state index in [0.717, 1.165) is 11.1 Å². The molecule has 222 valence electrons. The van der Waals surface area contributed by atoms with E-state index in [2.05, 4.69) is 32.0 Å². The summed E-state index contributed by atoms with van der Waals surface area (Å²) in [6.07, 6.45) is -3.51. The molecule has 0 N–H and O–H groups in total. The third-order valence-electron chi connectivity index (χ3n) is 7.83. The Morgan fingerprint density at radius 3 is 2.38 bits per heavy atom. The minimum atomic E-state index is -4.71. The van der Waals surface area contributed by atoms with Crippen molar-refractivity contribution in [2.45, 2.75) is 32.1 Å². The molecule has 2 aromatic carbocycles. The van der Waals surface area contributed by atoms with Gasteiger partial charge in [0, 0.05) is 49.4 Å². The van der Waals surface area contributed by atoms with Crippen LogP contribution in [0.15, 0.2) is 60.8 Å². The highest BCUT2D eigenvalue weighted by Crippen LogP contribution is 2.37. The van der Waals surface area contributed by atoms with Gasteiger partial charge in [-0.2, -0.15) is 18.3 Å². The molecule has 8 nitrogen and oxygen atoms in total. The highest BCUT2D eigenvalue weighted by molar-refractivity contribution is 6.00. The average molecular weight is 581 g/mol. The molecule has 2 aromatic heterocycles. The number of halogens is 3. The lowest BCUT2D eigenvalue weighted by atomic mass is 10.0. The summed E-state index contributed by atoms with van der Waals surface area (Å²) in [7, 11) is 5.59. The van der Waals surface area contributed by atoms with Crippen LogP contribution in [0.5, 0.6) is 5.75 Å². The van der Waals surface area contributed by atoms with Gasteiger partial charge >= 0.3 is 6.18 Å². The standard InChI is InChI=1S/C31H35F3N6O2/c1-20-18-38(26(19-37(3)4)22-9-7-6-8-10-22)15-16-39(20)30(41)25-17-35-40-28(31(32,33)34)21(2)27(36-29(25)40)23-11-13-24(42-5)14-12-23/h6-14,17,20,26H,15-16,18-19H2,1-5H3/t20-,26-/m1/s1. The average Bonchev–Trinajstić information content (AvgIpc) is 3.38. The monoisotopic (exact) mass is 580 g/mol. The number of hydrogen-bond acceptors (Lipinski definition) is 6. The molecule has 1 amide bonds. The van der Waals surface area contributed by atoms with Gasteiger partial charge in [-0.25, -0.2) is 9.50 Å². The summed E-state index contributed by atoms with van der Waals surface area (Å²) < 4.78 is 49.0. The Balaban J connectivity index is 1.48. The molecule has 4 aromatic rings. The molecule has 0 unspecified atom stereocenters.